The Morgan fingerprint density at radius 3 is 2.82 bits per heavy atom. The number of halogens is 1. The SMILES string of the molecule is CC[C@@H](OC1CCCC1)C(=O)NC[C@H](O)c1cccc(F)c1. The Bertz CT molecular complexity index is 489. The summed E-state index contributed by atoms with van der Waals surface area (Å²) in [5, 5.41) is 12.7. The van der Waals surface area contributed by atoms with E-state index in [1.54, 1.807) is 6.07 Å². The molecule has 1 fully saturated rings. The summed E-state index contributed by atoms with van der Waals surface area (Å²) < 4.78 is 18.9. The maximum atomic E-state index is 13.1. The van der Waals surface area contributed by atoms with E-state index in [1.807, 2.05) is 6.92 Å². The summed E-state index contributed by atoms with van der Waals surface area (Å²) >= 11 is 0. The largest absolute Gasteiger partial charge is 0.387 e. The van der Waals surface area contributed by atoms with Gasteiger partial charge in [0, 0.05) is 6.54 Å². The van der Waals surface area contributed by atoms with E-state index < -0.39 is 18.0 Å². The quantitative estimate of drug-likeness (QED) is 0.814. The van der Waals surface area contributed by atoms with Gasteiger partial charge in [0.2, 0.25) is 5.91 Å². The van der Waals surface area contributed by atoms with E-state index in [1.165, 1.54) is 18.2 Å². The molecule has 1 amide bonds. The number of nitrogens with one attached hydrogen (secondary N) is 1. The smallest absolute Gasteiger partial charge is 0.249 e. The molecule has 1 aromatic carbocycles. The fourth-order valence-electron chi connectivity index (χ4n) is 2.74. The van der Waals surface area contributed by atoms with E-state index in [0.29, 0.717) is 12.0 Å². The van der Waals surface area contributed by atoms with Gasteiger partial charge in [0.05, 0.1) is 12.2 Å². The minimum absolute atomic E-state index is 0.0484. The van der Waals surface area contributed by atoms with Crippen LogP contribution >= 0.6 is 0 Å². The second-order valence-corrected chi connectivity index (χ2v) is 5.76. The van der Waals surface area contributed by atoms with Crippen LogP contribution in [-0.4, -0.2) is 29.8 Å². The van der Waals surface area contributed by atoms with E-state index in [0.717, 1.165) is 25.7 Å². The number of hydrogen-bond donors (Lipinski definition) is 2. The molecule has 22 heavy (non-hydrogen) atoms. The number of aliphatic hydroxyl groups excluding tert-OH is 1. The van der Waals surface area contributed by atoms with Crippen LogP contribution in [0.15, 0.2) is 24.3 Å². The first kappa shape index (κ1) is 16.9. The maximum absolute atomic E-state index is 13.1. The predicted octanol–water partition coefficient (Wildman–Crippen LogP) is 2.71. The van der Waals surface area contributed by atoms with E-state index in [9.17, 15) is 14.3 Å². The molecule has 0 saturated heterocycles. The normalized spacial score (nSPS) is 18.1. The van der Waals surface area contributed by atoms with Crippen molar-refractivity contribution in [3.8, 4) is 0 Å². The summed E-state index contributed by atoms with van der Waals surface area (Å²) in [6, 6.07) is 5.75. The summed E-state index contributed by atoms with van der Waals surface area (Å²) in [6.45, 7) is 1.95. The summed E-state index contributed by atoms with van der Waals surface area (Å²) in [5.74, 6) is -0.622. The van der Waals surface area contributed by atoms with Crippen LogP contribution in [0.2, 0.25) is 0 Å². The standard InChI is InChI=1S/C17H24FNO3/c1-2-16(22-14-8-3-4-9-14)17(21)19-11-15(20)12-6-5-7-13(18)10-12/h5-7,10,14-16,20H,2-4,8-9,11H2,1H3,(H,19,21)/t15-,16+/m0/s1. The number of aliphatic hydroxyl groups is 1. The highest BCUT2D eigenvalue weighted by molar-refractivity contribution is 5.80. The van der Waals surface area contributed by atoms with E-state index in [2.05, 4.69) is 5.32 Å². The van der Waals surface area contributed by atoms with Gasteiger partial charge >= 0.3 is 0 Å². The van der Waals surface area contributed by atoms with Gasteiger partial charge in [0.1, 0.15) is 11.9 Å². The van der Waals surface area contributed by atoms with Crippen molar-refractivity contribution < 1.29 is 19.0 Å². The number of hydrogen-bond acceptors (Lipinski definition) is 3. The van der Waals surface area contributed by atoms with Crippen LogP contribution in [0.5, 0.6) is 0 Å². The first-order valence-electron chi connectivity index (χ1n) is 7.97. The number of benzene rings is 1. The molecule has 1 aromatic rings. The van der Waals surface area contributed by atoms with Gasteiger partial charge in [0.15, 0.2) is 0 Å². The average molecular weight is 309 g/mol. The zero-order valence-electron chi connectivity index (χ0n) is 12.9. The minimum atomic E-state index is -0.927. The second kappa shape index (κ2) is 8.25. The Balaban J connectivity index is 1.82. The summed E-state index contributed by atoms with van der Waals surface area (Å²) in [7, 11) is 0. The third-order valence-electron chi connectivity index (χ3n) is 4.03. The van der Waals surface area contributed by atoms with Gasteiger partial charge in [-0.25, -0.2) is 4.39 Å². The van der Waals surface area contributed by atoms with E-state index in [-0.39, 0.29) is 18.6 Å². The van der Waals surface area contributed by atoms with Gasteiger partial charge in [-0.15, -0.1) is 0 Å². The van der Waals surface area contributed by atoms with Crippen LogP contribution < -0.4 is 5.32 Å². The Morgan fingerprint density at radius 1 is 1.45 bits per heavy atom. The lowest BCUT2D eigenvalue weighted by molar-refractivity contribution is -0.137. The summed E-state index contributed by atoms with van der Waals surface area (Å²) in [6.07, 6.45) is 3.68. The molecule has 5 heteroatoms. The first-order valence-corrected chi connectivity index (χ1v) is 7.97. The topological polar surface area (TPSA) is 58.6 Å². The molecule has 0 aromatic heterocycles. The van der Waals surface area contributed by atoms with Crippen LogP contribution in [0, 0.1) is 5.82 Å². The van der Waals surface area contributed by atoms with Gasteiger partial charge in [-0.3, -0.25) is 4.79 Å². The highest BCUT2D eigenvalue weighted by Crippen LogP contribution is 2.23. The molecule has 0 unspecified atom stereocenters. The molecule has 1 aliphatic carbocycles. The zero-order chi connectivity index (χ0) is 15.9. The number of rotatable bonds is 7. The van der Waals surface area contributed by atoms with Crippen molar-refractivity contribution in [2.24, 2.45) is 0 Å². The molecule has 0 aliphatic heterocycles. The van der Waals surface area contributed by atoms with Gasteiger partial charge in [0.25, 0.3) is 0 Å². The predicted molar refractivity (Wildman–Crippen MR) is 81.8 cm³/mol. The molecule has 0 heterocycles. The van der Waals surface area contributed by atoms with Crippen molar-refractivity contribution in [1.82, 2.24) is 5.32 Å². The van der Waals surface area contributed by atoms with Crippen LogP contribution in [0.3, 0.4) is 0 Å². The number of carbonyl (C=O) groups is 1. The lowest BCUT2D eigenvalue weighted by Gasteiger charge is -2.21. The van der Waals surface area contributed by atoms with Gasteiger partial charge < -0.3 is 15.2 Å². The molecule has 0 radical (unpaired) electrons. The monoisotopic (exact) mass is 309 g/mol. The third-order valence-corrected chi connectivity index (χ3v) is 4.03. The van der Waals surface area contributed by atoms with Crippen LogP contribution in [-0.2, 0) is 9.53 Å². The van der Waals surface area contributed by atoms with E-state index in [4.69, 9.17) is 4.74 Å². The molecule has 4 nitrogen and oxygen atoms in total. The molecule has 1 saturated carbocycles. The summed E-state index contributed by atoms with van der Waals surface area (Å²) in [5.41, 5.74) is 0.449. The Morgan fingerprint density at radius 2 is 2.18 bits per heavy atom. The van der Waals surface area contributed by atoms with Gasteiger partial charge in [-0.05, 0) is 37.0 Å². The van der Waals surface area contributed by atoms with Crippen molar-refractivity contribution >= 4 is 5.91 Å². The van der Waals surface area contributed by atoms with E-state index >= 15 is 0 Å². The second-order valence-electron chi connectivity index (χ2n) is 5.76. The molecule has 0 spiro atoms. The number of carbonyl (C=O) groups excluding carboxylic acids is 1. The van der Waals surface area contributed by atoms with Gasteiger partial charge in [-0.1, -0.05) is 31.9 Å². The highest BCUT2D eigenvalue weighted by Gasteiger charge is 2.24. The highest BCUT2D eigenvalue weighted by atomic mass is 19.1. The van der Waals surface area contributed by atoms with Crippen molar-refractivity contribution in [3.63, 3.8) is 0 Å². The minimum Gasteiger partial charge on any atom is -0.387 e. The summed E-state index contributed by atoms with van der Waals surface area (Å²) in [4.78, 5) is 12.1. The fourth-order valence-corrected chi connectivity index (χ4v) is 2.74. The molecule has 0 bridgehead atoms. The third kappa shape index (κ3) is 4.78. The molecular formula is C17H24FNO3. The molecule has 122 valence electrons. The molecule has 2 rings (SSSR count). The number of amides is 1. The van der Waals surface area contributed by atoms with Crippen LogP contribution in [0.25, 0.3) is 0 Å². The first-order chi connectivity index (χ1) is 10.6. The fraction of sp³-hybridized carbons (Fsp3) is 0.588. The van der Waals surface area contributed by atoms with Gasteiger partial charge in [-0.2, -0.15) is 0 Å². The van der Waals surface area contributed by atoms with Crippen molar-refractivity contribution in [3.05, 3.63) is 35.6 Å². The Labute approximate surface area is 130 Å². The van der Waals surface area contributed by atoms with Crippen LogP contribution in [0.1, 0.15) is 50.7 Å². The number of ether oxygens (including phenoxy) is 1. The lowest BCUT2D eigenvalue weighted by Crippen LogP contribution is -2.39. The average Bonchev–Trinajstić information content (AvgIpc) is 3.03. The zero-order valence-corrected chi connectivity index (χ0v) is 12.9. The lowest BCUT2D eigenvalue weighted by atomic mass is 10.1. The molecule has 2 N–H and O–H groups in total. The van der Waals surface area contributed by atoms with Crippen LogP contribution in [0.4, 0.5) is 4.39 Å². The Hall–Kier alpha value is -1.46. The molecule has 1 aliphatic rings. The van der Waals surface area contributed by atoms with Crippen molar-refractivity contribution in [2.75, 3.05) is 6.54 Å². The maximum Gasteiger partial charge on any atom is 0.249 e. The Kier molecular flexibility index (Phi) is 6.34. The molecule has 2 atom stereocenters. The molecular weight excluding hydrogens is 285 g/mol. The van der Waals surface area contributed by atoms with Crippen molar-refractivity contribution in [1.29, 1.82) is 0 Å². The van der Waals surface area contributed by atoms with Crippen molar-refractivity contribution in [2.45, 2.75) is 57.3 Å².